The van der Waals surface area contributed by atoms with E-state index < -0.39 is 5.97 Å². The van der Waals surface area contributed by atoms with E-state index >= 15 is 0 Å². The minimum Gasteiger partial charge on any atom is -0.488 e. The number of aromatic carboxylic acids is 1. The predicted octanol–water partition coefficient (Wildman–Crippen LogP) is 3.00. The molecule has 0 saturated carbocycles. The van der Waals surface area contributed by atoms with Crippen molar-refractivity contribution in [1.29, 1.82) is 0 Å². The molecule has 0 spiro atoms. The fourth-order valence-corrected chi connectivity index (χ4v) is 2.92. The number of hydrogen-bond donors (Lipinski definition) is 1. The molecular weight excluding hydrogens is 352 g/mol. The number of hydrogen-bond acceptors (Lipinski definition) is 4. The molecule has 0 saturated heterocycles. The number of thiophene rings is 1. The van der Waals surface area contributed by atoms with Gasteiger partial charge in [0.1, 0.15) is 6.61 Å². The highest BCUT2D eigenvalue weighted by Crippen LogP contribution is 2.43. The summed E-state index contributed by atoms with van der Waals surface area (Å²) in [5.41, 5.74) is 0. The van der Waals surface area contributed by atoms with Crippen LogP contribution < -0.4 is 4.74 Å². The summed E-state index contributed by atoms with van der Waals surface area (Å²) >= 11 is 7.61. The maximum absolute atomic E-state index is 10.9. The third-order valence-corrected chi connectivity index (χ3v) is 4.88. The van der Waals surface area contributed by atoms with E-state index in [1.807, 2.05) is 0 Å². The minimum atomic E-state index is -1.00. The Bertz CT molecular complexity index is 364. The zero-order chi connectivity index (χ0) is 11.4. The average Bonchev–Trinajstić information content (AvgIpc) is 2.46. The molecular formula is C8H8Br2O4S. The van der Waals surface area contributed by atoms with Crippen LogP contribution in [0.2, 0.25) is 0 Å². The van der Waals surface area contributed by atoms with Crippen LogP contribution in [-0.2, 0) is 4.74 Å². The number of methoxy groups -OCH3 is 1. The first-order valence-corrected chi connectivity index (χ1v) is 6.31. The van der Waals surface area contributed by atoms with E-state index in [-0.39, 0.29) is 4.88 Å². The number of carboxylic acids is 1. The summed E-state index contributed by atoms with van der Waals surface area (Å²) in [6, 6.07) is 0. The molecule has 0 aliphatic heterocycles. The Morgan fingerprint density at radius 2 is 2.13 bits per heavy atom. The summed E-state index contributed by atoms with van der Waals surface area (Å²) in [5, 5.41) is 8.92. The Balaban J connectivity index is 2.88. The van der Waals surface area contributed by atoms with Gasteiger partial charge in [0.2, 0.25) is 0 Å². The van der Waals surface area contributed by atoms with Crippen LogP contribution in [0.4, 0.5) is 0 Å². The lowest BCUT2D eigenvalue weighted by Crippen LogP contribution is -2.06. The molecule has 1 aromatic rings. The van der Waals surface area contributed by atoms with Gasteiger partial charge in [0, 0.05) is 7.11 Å². The smallest absolute Gasteiger partial charge is 0.349 e. The third-order valence-electron chi connectivity index (χ3n) is 1.50. The molecule has 0 atom stereocenters. The van der Waals surface area contributed by atoms with Crippen molar-refractivity contribution in [2.75, 3.05) is 20.3 Å². The monoisotopic (exact) mass is 358 g/mol. The zero-order valence-electron chi connectivity index (χ0n) is 7.75. The Morgan fingerprint density at radius 3 is 2.67 bits per heavy atom. The van der Waals surface area contributed by atoms with Gasteiger partial charge in [-0.2, -0.15) is 0 Å². The minimum absolute atomic E-state index is 0.171. The SMILES string of the molecule is COCCOc1c(C(=O)O)sc(Br)c1Br. The van der Waals surface area contributed by atoms with Gasteiger partial charge in [-0.15, -0.1) is 11.3 Å². The van der Waals surface area contributed by atoms with Gasteiger partial charge in [0.15, 0.2) is 10.6 Å². The van der Waals surface area contributed by atoms with Gasteiger partial charge < -0.3 is 14.6 Å². The van der Waals surface area contributed by atoms with Crippen LogP contribution in [0.3, 0.4) is 0 Å². The fourth-order valence-electron chi connectivity index (χ4n) is 0.866. The molecule has 0 fully saturated rings. The Labute approximate surface area is 107 Å². The zero-order valence-corrected chi connectivity index (χ0v) is 11.7. The predicted molar refractivity (Wildman–Crippen MR) is 64.0 cm³/mol. The van der Waals surface area contributed by atoms with Crippen molar-refractivity contribution in [1.82, 2.24) is 0 Å². The molecule has 1 N–H and O–H groups in total. The number of rotatable bonds is 5. The van der Waals surface area contributed by atoms with Crippen molar-refractivity contribution in [2.45, 2.75) is 0 Å². The van der Waals surface area contributed by atoms with Crippen molar-refractivity contribution in [3.63, 3.8) is 0 Å². The molecule has 0 aromatic carbocycles. The molecule has 0 amide bonds. The van der Waals surface area contributed by atoms with Crippen molar-refractivity contribution >= 4 is 49.2 Å². The van der Waals surface area contributed by atoms with E-state index in [1.54, 1.807) is 7.11 Å². The second-order valence-corrected chi connectivity index (χ2v) is 5.63. The quantitative estimate of drug-likeness (QED) is 0.821. The van der Waals surface area contributed by atoms with E-state index in [0.29, 0.717) is 27.2 Å². The average molecular weight is 360 g/mol. The highest BCUT2D eigenvalue weighted by Gasteiger charge is 2.21. The first-order valence-electron chi connectivity index (χ1n) is 3.90. The molecule has 0 unspecified atom stereocenters. The van der Waals surface area contributed by atoms with Gasteiger partial charge in [0.05, 0.1) is 14.9 Å². The maximum Gasteiger partial charge on any atom is 0.349 e. The summed E-state index contributed by atoms with van der Waals surface area (Å²) < 4.78 is 11.5. The number of ether oxygens (including phenoxy) is 2. The molecule has 4 nitrogen and oxygen atoms in total. The number of carbonyl (C=O) groups is 1. The van der Waals surface area contributed by atoms with Crippen LogP contribution in [0.15, 0.2) is 8.26 Å². The summed E-state index contributed by atoms with van der Waals surface area (Å²) in [7, 11) is 1.56. The molecule has 84 valence electrons. The molecule has 7 heteroatoms. The highest BCUT2D eigenvalue weighted by atomic mass is 79.9. The molecule has 1 rings (SSSR count). The van der Waals surface area contributed by atoms with Gasteiger partial charge in [-0.25, -0.2) is 4.79 Å². The second-order valence-electron chi connectivity index (χ2n) is 2.49. The normalized spacial score (nSPS) is 10.3. The molecule has 15 heavy (non-hydrogen) atoms. The van der Waals surface area contributed by atoms with Crippen LogP contribution in [0, 0.1) is 0 Å². The summed E-state index contributed by atoms with van der Waals surface area (Å²) in [6.45, 7) is 0.734. The largest absolute Gasteiger partial charge is 0.488 e. The Kier molecular flexibility index (Phi) is 5.04. The van der Waals surface area contributed by atoms with Crippen molar-refractivity contribution in [2.24, 2.45) is 0 Å². The summed E-state index contributed by atoms with van der Waals surface area (Å²) in [6.07, 6.45) is 0. The first-order chi connectivity index (χ1) is 7.07. The van der Waals surface area contributed by atoms with Crippen molar-refractivity contribution < 1.29 is 19.4 Å². The molecule has 1 heterocycles. The third kappa shape index (κ3) is 3.17. The second kappa shape index (κ2) is 5.83. The van der Waals surface area contributed by atoms with Crippen LogP contribution in [0.25, 0.3) is 0 Å². The molecule has 1 aromatic heterocycles. The van der Waals surface area contributed by atoms with Crippen molar-refractivity contribution in [3.05, 3.63) is 13.1 Å². The Hall–Kier alpha value is -0.110. The summed E-state index contributed by atoms with van der Waals surface area (Å²) in [5.74, 6) is -0.657. The van der Waals surface area contributed by atoms with Gasteiger partial charge in [-0.3, -0.25) is 0 Å². The topological polar surface area (TPSA) is 55.8 Å². The fraction of sp³-hybridized carbons (Fsp3) is 0.375. The molecule has 0 bridgehead atoms. The lowest BCUT2D eigenvalue weighted by Gasteiger charge is -2.05. The van der Waals surface area contributed by atoms with Crippen LogP contribution in [0.1, 0.15) is 9.67 Å². The van der Waals surface area contributed by atoms with E-state index in [2.05, 4.69) is 31.9 Å². The van der Waals surface area contributed by atoms with E-state index in [9.17, 15) is 4.79 Å². The highest BCUT2D eigenvalue weighted by molar-refractivity contribution is 9.13. The maximum atomic E-state index is 10.9. The van der Waals surface area contributed by atoms with Gasteiger partial charge in [-0.1, -0.05) is 0 Å². The van der Waals surface area contributed by atoms with Crippen LogP contribution in [0.5, 0.6) is 5.75 Å². The van der Waals surface area contributed by atoms with Gasteiger partial charge in [-0.05, 0) is 31.9 Å². The van der Waals surface area contributed by atoms with Gasteiger partial charge in [0.25, 0.3) is 0 Å². The summed E-state index contributed by atoms with van der Waals surface area (Å²) in [4.78, 5) is 11.0. The number of carboxylic acid groups (broad SMARTS) is 1. The molecule has 0 aliphatic rings. The van der Waals surface area contributed by atoms with Gasteiger partial charge >= 0.3 is 5.97 Å². The van der Waals surface area contributed by atoms with Crippen LogP contribution in [-0.4, -0.2) is 31.4 Å². The van der Waals surface area contributed by atoms with E-state index in [0.717, 1.165) is 11.3 Å². The Morgan fingerprint density at radius 1 is 1.47 bits per heavy atom. The standard InChI is InChI=1S/C8H8Br2O4S/c1-13-2-3-14-5-4(9)7(10)15-6(5)8(11)12/h2-3H2,1H3,(H,11,12). The van der Waals surface area contributed by atoms with E-state index in [4.69, 9.17) is 14.6 Å². The molecule has 0 aliphatic carbocycles. The van der Waals surface area contributed by atoms with Crippen LogP contribution >= 0.6 is 43.2 Å². The van der Waals surface area contributed by atoms with Crippen molar-refractivity contribution in [3.8, 4) is 5.75 Å². The first kappa shape index (κ1) is 13.0. The number of halogens is 2. The lowest BCUT2D eigenvalue weighted by atomic mass is 10.4. The lowest BCUT2D eigenvalue weighted by molar-refractivity contribution is 0.0695. The van der Waals surface area contributed by atoms with E-state index in [1.165, 1.54) is 0 Å². The molecule has 0 radical (unpaired) electrons.